The van der Waals surface area contributed by atoms with E-state index in [2.05, 4.69) is 30.3 Å². The van der Waals surface area contributed by atoms with Gasteiger partial charge in [0.2, 0.25) is 0 Å². The standard InChI is InChI=1S/C20H28O4/c1-3-19(22)14-11-12-16-20(23)15-10-8-6-4-5-7-9-13-17-24-18(2)21/h3,10,15,19-20,22-23H,1,4-9,13,17H2,2H3/b15-10-/t19-,20-/m0/s1. The summed E-state index contributed by atoms with van der Waals surface area (Å²) < 4.78 is 4.87. The van der Waals surface area contributed by atoms with Gasteiger partial charge in [-0.2, -0.15) is 0 Å². The number of allylic oxidation sites excluding steroid dienone is 1. The van der Waals surface area contributed by atoms with E-state index in [9.17, 15) is 9.90 Å². The normalized spacial score (nSPS) is 12.5. The second kappa shape index (κ2) is 15.9. The van der Waals surface area contributed by atoms with Crippen molar-refractivity contribution < 1.29 is 19.7 Å². The summed E-state index contributed by atoms with van der Waals surface area (Å²) in [5, 5.41) is 18.7. The minimum absolute atomic E-state index is 0.213. The molecule has 0 amide bonds. The first-order valence-corrected chi connectivity index (χ1v) is 8.36. The molecule has 0 aliphatic rings. The average Bonchev–Trinajstić information content (AvgIpc) is 2.56. The fourth-order valence-corrected chi connectivity index (χ4v) is 1.84. The highest BCUT2D eigenvalue weighted by atomic mass is 16.5. The number of rotatable bonds is 11. The van der Waals surface area contributed by atoms with Crippen molar-refractivity contribution in [1.82, 2.24) is 0 Å². The van der Waals surface area contributed by atoms with E-state index in [1.165, 1.54) is 13.0 Å². The second-order valence-electron chi connectivity index (χ2n) is 5.34. The number of carbonyl (C=O) groups excluding carboxylic acids is 1. The average molecular weight is 332 g/mol. The van der Waals surface area contributed by atoms with E-state index in [-0.39, 0.29) is 5.97 Å². The summed E-state index contributed by atoms with van der Waals surface area (Å²) in [5.74, 6) is 9.76. The lowest BCUT2D eigenvalue weighted by molar-refractivity contribution is -0.141. The number of esters is 1. The van der Waals surface area contributed by atoms with Crippen LogP contribution in [0.2, 0.25) is 0 Å². The van der Waals surface area contributed by atoms with E-state index < -0.39 is 12.2 Å². The molecule has 0 rings (SSSR count). The molecule has 132 valence electrons. The number of aliphatic hydroxyl groups is 2. The third kappa shape index (κ3) is 16.4. The minimum atomic E-state index is -0.881. The first-order valence-electron chi connectivity index (χ1n) is 8.36. The summed E-state index contributed by atoms with van der Waals surface area (Å²) in [6, 6.07) is 0. The molecule has 0 bridgehead atoms. The summed E-state index contributed by atoms with van der Waals surface area (Å²) in [6.45, 7) is 5.34. The summed E-state index contributed by atoms with van der Waals surface area (Å²) in [7, 11) is 0. The SMILES string of the molecule is C=C[C@H](O)C#CC#C[C@@H](O)/C=C\CCCCCCCCOC(C)=O. The highest BCUT2D eigenvalue weighted by molar-refractivity contribution is 5.65. The minimum Gasteiger partial charge on any atom is -0.466 e. The molecule has 0 unspecified atom stereocenters. The Morgan fingerprint density at radius 3 is 2.25 bits per heavy atom. The van der Waals surface area contributed by atoms with Crippen LogP contribution < -0.4 is 0 Å². The highest BCUT2D eigenvalue weighted by Crippen LogP contribution is 2.08. The van der Waals surface area contributed by atoms with Crippen LogP contribution >= 0.6 is 0 Å². The first kappa shape index (κ1) is 22.0. The molecule has 0 aromatic carbocycles. The van der Waals surface area contributed by atoms with Gasteiger partial charge in [0.05, 0.1) is 6.61 Å². The lowest BCUT2D eigenvalue weighted by Crippen LogP contribution is -2.00. The third-order valence-corrected chi connectivity index (χ3v) is 3.11. The fourth-order valence-electron chi connectivity index (χ4n) is 1.84. The molecule has 0 heterocycles. The van der Waals surface area contributed by atoms with Gasteiger partial charge in [-0.05, 0) is 37.2 Å². The van der Waals surface area contributed by atoms with E-state index >= 15 is 0 Å². The van der Waals surface area contributed by atoms with Crippen LogP contribution in [0, 0.1) is 23.7 Å². The molecule has 24 heavy (non-hydrogen) atoms. The van der Waals surface area contributed by atoms with Gasteiger partial charge in [-0.15, -0.1) is 0 Å². The zero-order valence-electron chi connectivity index (χ0n) is 14.5. The Labute approximate surface area is 145 Å². The van der Waals surface area contributed by atoms with E-state index in [1.807, 2.05) is 6.08 Å². The summed E-state index contributed by atoms with van der Waals surface area (Å²) in [6.07, 6.45) is 10.6. The van der Waals surface area contributed by atoms with Crippen LogP contribution in [0.4, 0.5) is 0 Å². The van der Waals surface area contributed by atoms with Crippen molar-refractivity contribution in [3.8, 4) is 23.7 Å². The Morgan fingerprint density at radius 1 is 1.04 bits per heavy atom. The summed E-state index contributed by atoms with van der Waals surface area (Å²) in [5.41, 5.74) is 0. The maximum absolute atomic E-state index is 10.6. The number of hydrogen-bond donors (Lipinski definition) is 2. The number of ether oxygens (including phenoxy) is 1. The van der Waals surface area contributed by atoms with Gasteiger partial charge in [0.25, 0.3) is 0 Å². The molecule has 0 aliphatic carbocycles. The molecular weight excluding hydrogens is 304 g/mol. The van der Waals surface area contributed by atoms with Crippen molar-refractivity contribution in [3.05, 3.63) is 24.8 Å². The van der Waals surface area contributed by atoms with Crippen molar-refractivity contribution in [3.63, 3.8) is 0 Å². The molecule has 0 fully saturated rings. The predicted octanol–water partition coefficient (Wildman–Crippen LogP) is 2.75. The van der Waals surface area contributed by atoms with Gasteiger partial charge < -0.3 is 14.9 Å². The molecule has 2 atom stereocenters. The lowest BCUT2D eigenvalue weighted by atomic mass is 10.1. The van der Waals surface area contributed by atoms with E-state index in [4.69, 9.17) is 9.84 Å². The van der Waals surface area contributed by atoms with Crippen LogP contribution in [-0.4, -0.2) is 35.0 Å². The van der Waals surface area contributed by atoms with Gasteiger partial charge in [0.1, 0.15) is 12.2 Å². The third-order valence-electron chi connectivity index (χ3n) is 3.11. The fraction of sp³-hybridized carbons (Fsp3) is 0.550. The lowest BCUT2D eigenvalue weighted by Gasteiger charge is -2.02. The van der Waals surface area contributed by atoms with Crippen molar-refractivity contribution in [2.75, 3.05) is 6.61 Å². The molecule has 0 radical (unpaired) electrons. The van der Waals surface area contributed by atoms with E-state index in [1.54, 1.807) is 6.08 Å². The molecule has 0 saturated carbocycles. The molecule has 0 saturated heterocycles. The van der Waals surface area contributed by atoms with Gasteiger partial charge in [0.15, 0.2) is 0 Å². The van der Waals surface area contributed by atoms with Crippen LogP contribution in [0.3, 0.4) is 0 Å². The largest absolute Gasteiger partial charge is 0.466 e. The molecule has 2 N–H and O–H groups in total. The van der Waals surface area contributed by atoms with Gasteiger partial charge in [0, 0.05) is 6.92 Å². The molecular formula is C20H28O4. The summed E-state index contributed by atoms with van der Waals surface area (Å²) >= 11 is 0. The van der Waals surface area contributed by atoms with Crippen LogP contribution in [0.5, 0.6) is 0 Å². The maximum atomic E-state index is 10.6. The molecule has 4 nitrogen and oxygen atoms in total. The Bertz CT molecular complexity index is 499. The first-order chi connectivity index (χ1) is 11.6. The van der Waals surface area contributed by atoms with Gasteiger partial charge in [-0.25, -0.2) is 0 Å². The topological polar surface area (TPSA) is 66.8 Å². The Kier molecular flexibility index (Phi) is 14.5. The van der Waals surface area contributed by atoms with Crippen LogP contribution in [-0.2, 0) is 9.53 Å². The smallest absolute Gasteiger partial charge is 0.302 e. The second-order valence-corrected chi connectivity index (χ2v) is 5.34. The van der Waals surface area contributed by atoms with Gasteiger partial charge >= 0.3 is 5.97 Å². The Balaban J connectivity index is 3.57. The number of aliphatic hydroxyl groups excluding tert-OH is 2. The molecule has 0 aromatic heterocycles. The molecule has 4 heteroatoms. The predicted molar refractivity (Wildman–Crippen MR) is 95.9 cm³/mol. The number of carbonyl (C=O) groups is 1. The van der Waals surface area contributed by atoms with E-state index in [0.29, 0.717) is 6.61 Å². The zero-order chi connectivity index (χ0) is 18.0. The molecule has 0 spiro atoms. The maximum Gasteiger partial charge on any atom is 0.302 e. The van der Waals surface area contributed by atoms with Crippen LogP contribution in [0.15, 0.2) is 24.8 Å². The van der Waals surface area contributed by atoms with Crippen molar-refractivity contribution in [2.24, 2.45) is 0 Å². The highest BCUT2D eigenvalue weighted by Gasteiger charge is 1.94. The van der Waals surface area contributed by atoms with Crippen molar-refractivity contribution in [2.45, 2.75) is 64.1 Å². The molecule has 0 aromatic rings. The summed E-state index contributed by atoms with van der Waals surface area (Å²) in [4.78, 5) is 10.6. The Morgan fingerprint density at radius 2 is 1.62 bits per heavy atom. The van der Waals surface area contributed by atoms with Crippen LogP contribution in [0.25, 0.3) is 0 Å². The number of hydrogen-bond acceptors (Lipinski definition) is 4. The number of unbranched alkanes of at least 4 members (excludes halogenated alkanes) is 6. The van der Waals surface area contributed by atoms with E-state index in [0.717, 1.165) is 44.9 Å². The van der Waals surface area contributed by atoms with Crippen molar-refractivity contribution >= 4 is 5.97 Å². The Hall–Kier alpha value is -2.01. The van der Waals surface area contributed by atoms with Crippen molar-refractivity contribution in [1.29, 1.82) is 0 Å². The van der Waals surface area contributed by atoms with Gasteiger partial charge in [-0.3, -0.25) is 4.79 Å². The van der Waals surface area contributed by atoms with Gasteiger partial charge in [-0.1, -0.05) is 56.3 Å². The van der Waals surface area contributed by atoms with Crippen LogP contribution in [0.1, 0.15) is 51.9 Å². The molecule has 0 aliphatic heterocycles. The quantitative estimate of drug-likeness (QED) is 0.264. The zero-order valence-corrected chi connectivity index (χ0v) is 14.5. The monoisotopic (exact) mass is 332 g/mol.